The number of halogens is 1. The van der Waals surface area contributed by atoms with E-state index >= 15 is 0 Å². The number of thioether (sulfide) groups is 1. The van der Waals surface area contributed by atoms with E-state index < -0.39 is 0 Å². The zero-order valence-electron chi connectivity index (χ0n) is 11.3. The average molecular weight is 298 g/mol. The van der Waals surface area contributed by atoms with Gasteiger partial charge in [-0.15, -0.1) is 17.5 Å². The van der Waals surface area contributed by atoms with Crippen LogP contribution >= 0.6 is 24.2 Å². The van der Waals surface area contributed by atoms with Crippen molar-refractivity contribution in [2.45, 2.75) is 32.1 Å². The highest BCUT2D eigenvalue weighted by Gasteiger charge is 2.34. The van der Waals surface area contributed by atoms with Crippen molar-refractivity contribution in [3.63, 3.8) is 0 Å². The second-order valence-electron chi connectivity index (χ2n) is 5.12. The lowest BCUT2D eigenvalue weighted by atomic mass is 9.83. The van der Waals surface area contributed by atoms with Crippen molar-refractivity contribution >= 4 is 35.0 Å². The standard InChI is InChI=1S/C14H19N3S.ClH/c1-9-6-7-10-4-3-5-11-8-17(13(9)12(10)11)16-14(15)18-2;/h6-7,11H,3-5,8H2,1-2H3,(H2,15,16);1H. The Balaban J connectivity index is 0.00000133. The van der Waals surface area contributed by atoms with Crippen LogP contribution in [0.2, 0.25) is 0 Å². The topological polar surface area (TPSA) is 41.6 Å². The number of benzene rings is 1. The van der Waals surface area contributed by atoms with Crippen molar-refractivity contribution < 1.29 is 0 Å². The van der Waals surface area contributed by atoms with Crippen LogP contribution in [0.25, 0.3) is 0 Å². The summed E-state index contributed by atoms with van der Waals surface area (Å²) in [5.41, 5.74) is 11.6. The normalized spacial score (nSPS) is 21.1. The number of rotatable bonds is 1. The molecule has 0 spiro atoms. The molecule has 0 bridgehead atoms. The van der Waals surface area contributed by atoms with Crippen molar-refractivity contribution in [2.24, 2.45) is 10.8 Å². The third-order valence-corrected chi connectivity index (χ3v) is 4.50. The Bertz CT molecular complexity index is 516. The third-order valence-electron chi connectivity index (χ3n) is 4.00. The molecule has 0 saturated heterocycles. The van der Waals surface area contributed by atoms with Crippen LogP contribution in [-0.2, 0) is 6.42 Å². The summed E-state index contributed by atoms with van der Waals surface area (Å²) < 4.78 is 0. The smallest absolute Gasteiger partial charge is 0.178 e. The summed E-state index contributed by atoms with van der Waals surface area (Å²) in [6.07, 6.45) is 5.77. The molecule has 1 aromatic carbocycles. The summed E-state index contributed by atoms with van der Waals surface area (Å²) in [6, 6.07) is 4.52. The van der Waals surface area contributed by atoms with Gasteiger partial charge >= 0.3 is 0 Å². The van der Waals surface area contributed by atoms with Crippen molar-refractivity contribution in [2.75, 3.05) is 17.8 Å². The monoisotopic (exact) mass is 297 g/mol. The SMILES string of the molecule is CS/C(N)=N/N1CC2CCCc3ccc(C)c1c32.Cl. The molecule has 2 aliphatic rings. The molecule has 3 rings (SSSR count). The van der Waals surface area contributed by atoms with Gasteiger partial charge in [0.25, 0.3) is 0 Å². The first kappa shape index (κ1) is 14.5. The van der Waals surface area contributed by atoms with Crippen LogP contribution in [0.1, 0.15) is 35.4 Å². The van der Waals surface area contributed by atoms with Crippen LogP contribution < -0.4 is 10.7 Å². The first-order chi connectivity index (χ1) is 8.70. The Morgan fingerprint density at radius 1 is 1.47 bits per heavy atom. The predicted molar refractivity (Wildman–Crippen MR) is 86.6 cm³/mol. The van der Waals surface area contributed by atoms with Crippen LogP contribution in [0.5, 0.6) is 0 Å². The molecule has 3 nitrogen and oxygen atoms in total. The fraction of sp³-hybridized carbons (Fsp3) is 0.500. The van der Waals surface area contributed by atoms with E-state index in [0.29, 0.717) is 11.1 Å². The van der Waals surface area contributed by atoms with Gasteiger partial charge in [0.15, 0.2) is 5.17 Å². The molecule has 0 amide bonds. The number of amidine groups is 1. The van der Waals surface area contributed by atoms with Crippen LogP contribution in [0.3, 0.4) is 0 Å². The van der Waals surface area contributed by atoms with Gasteiger partial charge in [0.2, 0.25) is 0 Å². The molecule has 19 heavy (non-hydrogen) atoms. The quantitative estimate of drug-likeness (QED) is 0.639. The number of nitrogens with zero attached hydrogens (tertiary/aromatic N) is 2. The molecule has 0 aromatic heterocycles. The van der Waals surface area contributed by atoms with E-state index in [-0.39, 0.29) is 12.4 Å². The van der Waals surface area contributed by atoms with Gasteiger partial charge in [-0.3, -0.25) is 5.01 Å². The highest BCUT2D eigenvalue weighted by Crippen LogP contribution is 2.46. The Labute approximate surface area is 125 Å². The highest BCUT2D eigenvalue weighted by molar-refractivity contribution is 8.13. The molecule has 1 aliphatic carbocycles. The highest BCUT2D eigenvalue weighted by atomic mass is 35.5. The van der Waals surface area contributed by atoms with Crippen molar-refractivity contribution in [1.82, 2.24) is 0 Å². The Hall–Kier alpha value is -0.870. The van der Waals surface area contributed by atoms with E-state index in [9.17, 15) is 0 Å². The molecule has 1 aromatic rings. The van der Waals surface area contributed by atoms with Gasteiger partial charge in [0.05, 0.1) is 5.69 Å². The molecule has 0 fully saturated rings. The van der Waals surface area contributed by atoms with Crippen molar-refractivity contribution in [3.8, 4) is 0 Å². The fourth-order valence-electron chi connectivity index (χ4n) is 3.19. The zero-order valence-corrected chi connectivity index (χ0v) is 13.0. The molecule has 1 atom stereocenters. The van der Waals surface area contributed by atoms with Gasteiger partial charge < -0.3 is 5.73 Å². The van der Waals surface area contributed by atoms with Gasteiger partial charge in [-0.05, 0) is 49.1 Å². The van der Waals surface area contributed by atoms with E-state index in [1.807, 2.05) is 6.26 Å². The van der Waals surface area contributed by atoms with Crippen molar-refractivity contribution in [1.29, 1.82) is 0 Å². The lowest BCUT2D eigenvalue weighted by molar-refractivity contribution is 0.576. The minimum absolute atomic E-state index is 0. The molecule has 1 unspecified atom stereocenters. The van der Waals surface area contributed by atoms with E-state index in [2.05, 4.69) is 29.2 Å². The van der Waals surface area contributed by atoms with Gasteiger partial charge in [0.1, 0.15) is 0 Å². The maximum Gasteiger partial charge on any atom is 0.178 e. The van der Waals surface area contributed by atoms with Gasteiger partial charge in [-0.2, -0.15) is 0 Å². The van der Waals surface area contributed by atoms with Crippen molar-refractivity contribution in [3.05, 3.63) is 28.8 Å². The maximum absolute atomic E-state index is 5.87. The summed E-state index contributed by atoms with van der Waals surface area (Å²) in [5, 5.41) is 7.32. The number of anilines is 1. The van der Waals surface area contributed by atoms with E-state index in [0.717, 1.165) is 6.54 Å². The summed E-state index contributed by atoms with van der Waals surface area (Å²) in [7, 11) is 0. The van der Waals surface area contributed by atoms with E-state index in [1.54, 1.807) is 5.56 Å². The van der Waals surface area contributed by atoms with Crippen LogP contribution in [0.15, 0.2) is 17.2 Å². The van der Waals surface area contributed by atoms with Crippen LogP contribution in [0.4, 0.5) is 5.69 Å². The number of aryl methyl sites for hydroxylation is 2. The second-order valence-corrected chi connectivity index (χ2v) is 5.94. The number of hydrogen-bond acceptors (Lipinski definition) is 3. The summed E-state index contributed by atoms with van der Waals surface area (Å²) in [4.78, 5) is 0. The molecule has 0 radical (unpaired) electrons. The second kappa shape index (κ2) is 5.63. The lowest BCUT2D eigenvalue weighted by Crippen LogP contribution is -2.20. The number of hydrazone groups is 1. The molecule has 1 aliphatic heterocycles. The predicted octanol–water partition coefficient (Wildman–Crippen LogP) is 3.25. The average Bonchev–Trinajstić information content (AvgIpc) is 2.74. The van der Waals surface area contributed by atoms with Gasteiger partial charge in [-0.1, -0.05) is 23.9 Å². The molecule has 2 N–H and O–H groups in total. The fourth-order valence-corrected chi connectivity index (χ4v) is 3.37. The minimum atomic E-state index is 0. The van der Waals surface area contributed by atoms with E-state index in [1.165, 1.54) is 47.8 Å². The molecule has 1 heterocycles. The third kappa shape index (κ3) is 2.43. The van der Waals surface area contributed by atoms with Crippen LogP contribution in [-0.4, -0.2) is 18.0 Å². The molecular formula is C14H20ClN3S. The van der Waals surface area contributed by atoms with Crippen LogP contribution in [0, 0.1) is 6.92 Å². The molecule has 104 valence electrons. The Morgan fingerprint density at radius 2 is 2.26 bits per heavy atom. The molecule has 5 heteroatoms. The lowest BCUT2D eigenvalue weighted by Gasteiger charge is -2.20. The first-order valence-corrected chi connectivity index (χ1v) is 7.71. The zero-order chi connectivity index (χ0) is 12.7. The Morgan fingerprint density at radius 3 is 3.00 bits per heavy atom. The molecular weight excluding hydrogens is 278 g/mol. The first-order valence-electron chi connectivity index (χ1n) is 6.48. The summed E-state index contributed by atoms with van der Waals surface area (Å²) in [6.45, 7) is 3.17. The summed E-state index contributed by atoms with van der Waals surface area (Å²) >= 11 is 1.51. The number of hydrogen-bond donors (Lipinski definition) is 1. The van der Waals surface area contributed by atoms with Gasteiger partial charge in [0, 0.05) is 12.5 Å². The molecule has 0 saturated carbocycles. The maximum atomic E-state index is 5.87. The minimum Gasteiger partial charge on any atom is -0.377 e. The summed E-state index contributed by atoms with van der Waals surface area (Å²) in [5.74, 6) is 0.655. The van der Waals surface area contributed by atoms with Gasteiger partial charge in [-0.25, -0.2) is 0 Å². The largest absolute Gasteiger partial charge is 0.377 e. The number of nitrogens with two attached hydrogens (primary N) is 1. The van der Waals surface area contributed by atoms with E-state index in [4.69, 9.17) is 5.73 Å². The Kier molecular flexibility index (Phi) is 4.31.